The Hall–Kier alpha value is 1.02. The zero-order chi connectivity index (χ0) is 6.57. The molecule has 0 bridgehead atoms. The maximum Gasteiger partial charge on any atom is 0.0345 e. The van der Waals surface area contributed by atoms with Crippen molar-refractivity contribution in [1.82, 2.24) is 0 Å². The molecule has 8 heavy (non-hydrogen) atoms. The summed E-state index contributed by atoms with van der Waals surface area (Å²) in [6.45, 7) is 5.86. The average molecular weight is 246 g/mol. The van der Waals surface area contributed by atoms with Crippen molar-refractivity contribution in [2.75, 3.05) is 0 Å². The highest BCUT2D eigenvalue weighted by Gasteiger charge is 2.03. The number of rotatable bonds is 3. The lowest BCUT2D eigenvalue weighted by atomic mass is 10.2. The first-order valence-electron chi connectivity index (χ1n) is 2.74. The molecule has 49 valence electrons. The molecule has 0 spiro atoms. The Bertz CT molecular complexity index is 54.5. The summed E-state index contributed by atoms with van der Waals surface area (Å²) in [4.78, 5) is 0. The summed E-state index contributed by atoms with van der Waals surface area (Å²) in [5, 5.41) is 0.280. The maximum atomic E-state index is 5.79. The van der Waals surface area contributed by atoms with E-state index in [1.165, 1.54) is 0 Å². The van der Waals surface area contributed by atoms with Crippen LogP contribution in [0.15, 0.2) is 0 Å². The molecule has 0 aliphatic carbocycles. The van der Waals surface area contributed by atoms with E-state index in [1.54, 1.807) is 0 Å². The van der Waals surface area contributed by atoms with Gasteiger partial charge in [-0.3, -0.25) is 0 Å². The summed E-state index contributed by atoms with van der Waals surface area (Å²) in [6, 6.07) is 0. The topological polar surface area (TPSA) is 0 Å². The minimum absolute atomic E-state index is 0.280. The molecule has 2 heteroatoms. The largest absolute Gasteiger partial charge is 0.123 e. The number of hydrogen-bond acceptors (Lipinski definition) is 0. The predicted molar refractivity (Wildman–Crippen MR) is 47.7 cm³/mol. The zero-order valence-electron chi connectivity index (χ0n) is 5.03. The van der Waals surface area contributed by atoms with Gasteiger partial charge < -0.3 is 0 Å². The molecule has 0 N–H and O–H groups in total. The lowest BCUT2D eigenvalue weighted by Gasteiger charge is -2.06. The molecule has 0 aliphatic heterocycles. The van der Waals surface area contributed by atoms with E-state index < -0.39 is 0 Å². The molecule has 0 fully saturated rings. The summed E-state index contributed by atoms with van der Waals surface area (Å²) in [7, 11) is 0. The first-order valence-corrected chi connectivity index (χ1v) is 4.42. The summed E-state index contributed by atoms with van der Waals surface area (Å²) in [5.74, 6) is 0. The SMILES string of the molecule is [CH2]CC(Cl)CC(C)I. The van der Waals surface area contributed by atoms with E-state index in [-0.39, 0.29) is 5.38 Å². The second-order valence-electron chi connectivity index (χ2n) is 1.90. The van der Waals surface area contributed by atoms with Crippen molar-refractivity contribution in [3.63, 3.8) is 0 Å². The number of halogens is 2. The van der Waals surface area contributed by atoms with Crippen molar-refractivity contribution in [2.24, 2.45) is 0 Å². The van der Waals surface area contributed by atoms with Gasteiger partial charge in [-0.05, 0) is 12.8 Å². The second kappa shape index (κ2) is 4.86. The first kappa shape index (κ1) is 9.02. The van der Waals surface area contributed by atoms with E-state index >= 15 is 0 Å². The van der Waals surface area contributed by atoms with Gasteiger partial charge in [0.1, 0.15) is 0 Å². The van der Waals surface area contributed by atoms with Crippen molar-refractivity contribution in [3.8, 4) is 0 Å². The van der Waals surface area contributed by atoms with Crippen LogP contribution in [-0.2, 0) is 0 Å². The molecule has 0 aromatic rings. The standard InChI is InChI=1S/C6H11ClI/c1-3-6(7)4-5(2)8/h5-6H,1,3-4H2,2H3. The van der Waals surface area contributed by atoms with Gasteiger partial charge >= 0.3 is 0 Å². The molecule has 0 saturated heterocycles. The van der Waals surface area contributed by atoms with Crippen molar-refractivity contribution in [2.45, 2.75) is 29.1 Å². The molecule has 0 aromatic carbocycles. The normalized spacial score (nSPS) is 18.0. The van der Waals surface area contributed by atoms with Gasteiger partial charge in [-0.15, -0.1) is 11.6 Å². The molecule has 0 aliphatic rings. The smallest absolute Gasteiger partial charge is 0.0345 e. The van der Waals surface area contributed by atoms with E-state index in [1.807, 2.05) is 0 Å². The van der Waals surface area contributed by atoms with Crippen LogP contribution in [0.5, 0.6) is 0 Å². The Morgan fingerprint density at radius 2 is 2.25 bits per heavy atom. The van der Waals surface area contributed by atoms with Crippen LogP contribution in [0.25, 0.3) is 0 Å². The van der Waals surface area contributed by atoms with Crippen LogP contribution in [0.3, 0.4) is 0 Å². The van der Waals surface area contributed by atoms with Crippen LogP contribution in [0, 0.1) is 6.92 Å². The molecule has 0 heterocycles. The van der Waals surface area contributed by atoms with E-state index in [0.29, 0.717) is 3.92 Å². The van der Waals surface area contributed by atoms with Crippen LogP contribution >= 0.6 is 34.2 Å². The second-order valence-corrected chi connectivity index (χ2v) is 4.65. The van der Waals surface area contributed by atoms with Gasteiger partial charge in [0.15, 0.2) is 0 Å². The molecule has 0 amide bonds. The van der Waals surface area contributed by atoms with Gasteiger partial charge in [-0.2, -0.15) is 0 Å². The molecule has 0 aromatic heterocycles. The first-order chi connectivity index (χ1) is 3.66. The van der Waals surface area contributed by atoms with Crippen molar-refractivity contribution >= 4 is 34.2 Å². The van der Waals surface area contributed by atoms with E-state index in [4.69, 9.17) is 11.6 Å². The van der Waals surface area contributed by atoms with Gasteiger partial charge in [-0.25, -0.2) is 0 Å². The highest BCUT2D eigenvalue weighted by atomic mass is 127. The number of hydrogen-bond donors (Lipinski definition) is 0. The highest BCUT2D eigenvalue weighted by molar-refractivity contribution is 14.1. The third-order valence-electron chi connectivity index (χ3n) is 0.894. The third-order valence-corrected chi connectivity index (χ3v) is 1.80. The van der Waals surface area contributed by atoms with Crippen LogP contribution in [0.1, 0.15) is 19.8 Å². The maximum absolute atomic E-state index is 5.79. The van der Waals surface area contributed by atoms with Crippen LogP contribution in [-0.4, -0.2) is 9.30 Å². The third kappa shape index (κ3) is 5.16. The van der Waals surface area contributed by atoms with Gasteiger partial charge in [0.2, 0.25) is 0 Å². The van der Waals surface area contributed by atoms with Gasteiger partial charge in [0, 0.05) is 9.30 Å². The van der Waals surface area contributed by atoms with E-state index in [9.17, 15) is 0 Å². The fourth-order valence-corrected chi connectivity index (χ4v) is 1.65. The molecular weight excluding hydrogens is 234 g/mol. The summed E-state index contributed by atoms with van der Waals surface area (Å²) in [5.41, 5.74) is 0. The lowest BCUT2D eigenvalue weighted by Crippen LogP contribution is -2.02. The summed E-state index contributed by atoms with van der Waals surface area (Å²) < 4.78 is 0.678. The Balaban J connectivity index is 3.10. The van der Waals surface area contributed by atoms with E-state index in [0.717, 1.165) is 12.8 Å². The van der Waals surface area contributed by atoms with Crippen LogP contribution < -0.4 is 0 Å². The molecule has 2 atom stereocenters. The van der Waals surface area contributed by atoms with Crippen molar-refractivity contribution in [1.29, 1.82) is 0 Å². The number of alkyl halides is 2. The van der Waals surface area contributed by atoms with Gasteiger partial charge in [0.25, 0.3) is 0 Å². The minimum atomic E-state index is 0.280. The zero-order valence-corrected chi connectivity index (χ0v) is 7.95. The monoisotopic (exact) mass is 245 g/mol. The minimum Gasteiger partial charge on any atom is -0.123 e. The van der Waals surface area contributed by atoms with Gasteiger partial charge in [0.05, 0.1) is 0 Å². The fraction of sp³-hybridized carbons (Fsp3) is 0.833. The van der Waals surface area contributed by atoms with Crippen LogP contribution in [0.4, 0.5) is 0 Å². The average Bonchev–Trinajstić information content (AvgIpc) is 1.65. The van der Waals surface area contributed by atoms with Gasteiger partial charge in [-0.1, -0.05) is 36.4 Å². The highest BCUT2D eigenvalue weighted by Crippen LogP contribution is 2.14. The Morgan fingerprint density at radius 3 is 2.38 bits per heavy atom. The Kier molecular flexibility index (Phi) is 5.48. The van der Waals surface area contributed by atoms with E-state index in [2.05, 4.69) is 36.4 Å². The lowest BCUT2D eigenvalue weighted by molar-refractivity contribution is 0.765. The molecule has 0 nitrogen and oxygen atoms in total. The predicted octanol–water partition coefficient (Wildman–Crippen LogP) is 3.03. The molecule has 0 saturated carbocycles. The summed E-state index contributed by atoms with van der Waals surface area (Å²) in [6.07, 6.45) is 1.92. The Morgan fingerprint density at radius 1 is 1.75 bits per heavy atom. The fourth-order valence-electron chi connectivity index (χ4n) is 0.470. The van der Waals surface area contributed by atoms with Crippen LogP contribution in [0.2, 0.25) is 0 Å². The molecule has 1 radical (unpaired) electrons. The van der Waals surface area contributed by atoms with Crippen molar-refractivity contribution in [3.05, 3.63) is 6.92 Å². The molecular formula is C6H11ClI. The Labute approximate surface area is 70.1 Å². The van der Waals surface area contributed by atoms with Crippen molar-refractivity contribution < 1.29 is 0 Å². The quantitative estimate of drug-likeness (QED) is 0.530. The molecule has 2 unspecified atom stereocenters. The molecule has 0 rings (SSSR count). The summed E-state index contributed by atoms with van der Waals surface area (Å²) >= 11 is 8.16.